The summed E-state index contributed by atoms with van der Waals surface area (Å²) < 4.78 is 22.1. The summed E-state index contributed by atoms with van der Waals surface area (Å²) in [6.45, 7) is 1.50. The Hall–Kier alpha value is -4.45. The van der Waals surface area contributed by atoms with Crippen molar-refractivity contribution in [2.24, 2.45) is 5.10 Å². The van der Waals surface area contributed by atoms with Gasteiger partial charge in [-0.25, -0.2) is 10.2 Å². The highest BCUT2D eigenvalue weighted by Crippen LogP contribution is 2.29. The Morgan fingerprint density at radius 2 is 1.68 bits per heavy atom. The van der Waals surface area contributed by atoms with E-state index in [9.17, 15) is 19.7 Å². The zero-order valence-electron chi connectivity index (χ0n) is 20.0. The minimum atomic E-state index is -0.941. The first-order valence-electron chi connectivity index (χ1n) is 10.7. The molecule has 1 atom stereocenters. The number of nitrogens with one attached hydrogen (secondary N) is 1. The number of esters is 1. The summed E-state index contributed by atoms with van der Waals surface area (Å²) in [6, 6.07) is 14.9. The lowest BCUT2D eigenvalue weighted by atomic mass is 10.2. The van der Waals surface area contributed by atoms with Gasteiger partial charge in [-0.1, -0.05) is 15.9 Å². The predicted octanol–water partition coefficient (Wildman–Crippen LogP) is 4.51. The standard InChI is InChI=1S/C25H22BrN3O8/c1-15(36-20-8-6-19(7-9-20)29(32)33)24(30)28-27-14-17-12-18(26)5-11-21(17)37-25(31)16-4-10-22(34-2)23(13-16)35-3/h4-15H,1-3H3,(H,28,30)/b27-14-/t15-/m0/s1. The molecule has 11 nitrogen and oxygen atoms in total. The second-order valence-electron chi connectivity index (χ2n) is 7.39. The molecule has 37 heavy (non-hydrogen) atoms. The smallest absolute Gasteiger partial charge is 0.343 e. The van der Waals surface area contributed by atoms with Crippen molar-refractivity contribution in [2.45, 2.75) is 13.0 Å². The van der Waals surface area contributed by atoms with Crippen molar-refractivity contribution in [1.29, 1.82) is 0 Å². The molecular formula is C25H22BrN3O8. The number of methoxy groups -OCH3 is 2. The highest BCUT2D eigenvalue weighted by atomic mass is 79.9. The Morgan fingerprint density at radius 1 is 1.00 bits per heavy atom. The van der Waals surface area contributed by atoms with Gasteiger partial charge in [0.1, 0.15) is 11.5 Å². The van der Waals surface area contributed by atoms with Gasteiger partial charge in [0.05, 0.1) is 30.9 Å². The normalized spacial score (nSPS) is 11.5. The fourth-order valence-corrected chi connectivity index (χ4v) is 3.37. The van der Waals surface area contributed by atoms with Crippen LogP contribution in [0.3, 0.4) is 0 Å². The molecule has 0 unspecified atom stereocenters. The number of non-ortho nitro benzene ring substituents is 1. The van der Waals surface area contributed by atoms with Crippen LogP contribution in [0.5, 0.6) is 23.0 Å². The molecule has 0 aliphatic heterocycles. The lowest BCUT2D eigenvalue weighted by Crippen LogP contribution is -2.33. The van der Waals surface area contributed by atoms with Crippen LogP contribution in [0.4, 0.5) is 5.69 Å². The van der Waals surface area contributed by atoms with E-state index in [-0.39, 0.29) is 22.7 Å². The molecule has 0 aromatic heterocycles. The van der Waals surface area contributed by atoms with Crippen molar-refractivity contribution >= 4 is 39.7 Å². The maximum Gasteiger partial charge on any atom is 0.343 e. The highest BCUT2D eigenvalue weighted by molar-refractivity contribution is 9.10. The van der Waals surface area contributed by atoms with Crippen molar-refractivity contribution < 1.29 is 33.5 Å². The molecule has 0 aliphatic rings. The van der Waals surface area contributed by atoms with Gasteiger partial charge in [0.25, 0.3) is 11.6 Å². The number of nitro groups is 1. The number of hydrogen-bond acceptors (Lipinski definition) is 9. The van der Waals surface area contributed by atoms with E-state index in [4.69, 9.17) is 18.9 Å². The number of halogens is 1. The monoisotopic (exact) mass is 571 g/mol. The van der Waals surface area contributed by atoms with Gasteiger partial charge in [-0.2, -0.15) is 5.10 Å². The molecule has 0 fully saturated rings. The average molecular weight is 572 g/mol. The molecule has 0 spiro atoms. The number of nitro benzene ring substituents is 1. The van der Waals surface area contributed by atoms with E-state index in [0.717, 1.165) is 0 Å². The van der Waals surface area contributed by atoms with Gasteiger partial charge in [0, 0.05) is 22.2 Å². The van der Waals surface area contributed by atoms with Gasteiger partial charge in [0.2, 0.25) is 0 Å². The molecule has 0 radical (unpaired) electrons. The second kappa shape index (κ2) is 12.5. The Morgan fingerprint density at radius 3 is 2.32 bits per heavy atom. The van der Waals surface area contributed by atoms with Gasteiger partial charge >= 0.3 is 5.97 Å². The van der Waals surface area contributed by atoms with Crippen molar-refractivity contribution in [2.75, 3.05) is 14.2 Å². The second-order valence-corrected chi connectivity index (χ2v) is 8.30. The first-order chi connectivity index (χ1) is 17.7. The predicted molar refractivity (Wildman–Crippen MR) is 138 cm³/mol. The molecular weight excluding hydrogens is 550 g/mol. The van der Waals surface area contributed by atoms with E-state index >= 15 is 0 Å². The van der Waals surface area contributed by atoms with Crippen molar-refractivity contribution in [3.05, 3.63) is 86.4 Å². The Bertz CT molecular complexity index is 1330. The highest BCUT2D eigenvalue weighted by Gasteiger charge is 2.17. The Kier molecular flexibility index (Phi) is 9.16. The number of benzene rings is 3. The van der Waals surface area contributed by atoms with Gasteiger partial charge in [-0.15, -0.1) is 0 Å². The fraction of sp³-hybridized carbons (Fsp3) is 0.160. The average Bonchev–Trinajstić information content (AvgIpc) is 2.89. The van der Waals surface area contributed by atoms with Crippen LogP contribution in [0.15, 0.2) is 70.2 Å². The van der Waals surface area contributed by atoms with Crippen LogP contribution >= 0.6 is 15.9 Å². The van der Waals surface area contributed by atoms with Crippen LogP contribution in [-0.2, 0) is 4.79 Å². The lowest BCUT2D eigenvalue weighted by molar-refractivity contribution is -0.384. The van der Waals surface area contributed by atoms with Crippen molar-refractivity contribution in [3.63, 3.8) is 0 Å². The molecule has 0 saturated carbocycles. The minimum absolute atomic E-state index is 0.0919. The van der Waals surface area contributed by atoms with Crippen LogP contribution in [0.2, 0.25) is 0 Å². The van der Waals surface area contributed by atoms with Gasteiger partial charge in [-0.3, -0.25) is 14.9 Å². The van der Waals surface area contributed by atoms with Gasteiger partial charge in [-0.05, 0) is 55.5 Å². The lowest BCUT2D eigenvalue weighted by Gasteiger charge is -2.13. The van der Waals surface area contributed by atoms with E-state index in [1.807, 2.05) is 0 Å². The molecule has 12 heteroatoms. The maximum absolute atomic E-state index is 12.7. The van der Waals surface area contributed by atoms with Crippen LogP contribution in [0, 0.1) is 10.1 Å². The summed E-state index contributed by atoms with van der Waals surface area (Å²) in [4.78, 5) is 35.3. The van der Waals surface area contributed by atoms with Gasteiger partial charge < -0.3 is 18.9 Å². The summed E-state index contributed by atoms with van der Waals surface area (Å²) in [5, 5.41) is 14.7. The van der Waals surface area contributed by atoms with Crippen molar-refractivity contribution in [3.8, 4) is 23.0 Å². The summed E-state index contributed by atoms with van der Waals surface area (Å²) in [6.07, 6.45) is 0.377. The van der Waals surface area contributed by atoms with E-state index in [0.29, 0.717) is 21.5 Å². The van der Waals surface area contributed by atoms with Gasteiger partial charge in [0.15, 0.2) is 17.6 Å². The number of hydrazone groups is 1. The molecule has 0 aliphatic carbocycles. The first kappa shape index (κ1) is 27.1. The molecule has 3 aromatic carbocycles. The number of amides is 1. The molecule has 3 aromatic rings. The summed E-state index contributed by atoms with van der Waals surface area (Å²) in [7, 11) is 2.95. The molecule has 1 amide bonds. The van der Waals surface area contributed by atoms with E-state index in [1.54, 1.807) is 30.3 Å². The zero-order chi connectivity index (χ0) is 26.9. The molecule has 0 saturated heterocycles. The van der Waals surface area contributed by atoms with Crippen LogP contribution in [-0.4, -0.2) is 43.3 Å². The molecule has 192 valence electrons. The van der Waals surface area contributed by atoms with Crippen LogP contribution in [0.25, 0.3) is 0 Å². The topological polar surface area (TPSA) is 139 Å². The fourth-order valence-electron chi connectivity index (χ4n) is 3.00. The number of carbonyl (C=O) groups is 2. The number of carbonyl (C=O) groups excluding carboxylic acids is 2. The largest absolute Gasteiger partial charge is 0.493 e. The van der Waals surface area contributed by atoms with Crippen molar-refractivity contribution in [1.82, 2.24) is 5.43 Å². The SMILES string of the molecule is COc1ccc(C(=O)Oc2ccc(Br)cc2/C=N\NC(=O)[C@H](C)Oc2ccc([N+](=O)[O-])cc2)cc1OC. The summed E-state index contributed by atoms with van der Waals surface area (Å²) in [5.74, 6) is 0.144. The number of ether oxygens (including phenoxy) is 4. The van der Waals surface area contributed by atoms with Crippen LogP contribution in [0.1, 0.15) is 22.8 Å². The number of hydrogen-bond donors (Lipinski definition) is 1. The minimum Gasteiger partial charge on any atom is -0.493 e. The first-order valence-corrected chi connectivity index (χ1v) is 11.5. The van der Waals surface area contributed by atoms with Crippen LogP contribution < -0.4 is 24.4 Å². The third-order valence-electron chi connectivity index (χ3n) is 4.90. The number of rotatable bonds is 10. The third kappa shape index (κ3) is 7.27. The molecule has 0 bridgehead atoms. The van der Waals surface area contributed by atoms with E-state index in [2.05, 4.69) is 26.5 Å². The Labute approximate surface area is 220 Å². The number of nitrogens with zero attached hydrogens (tertiary/aromatic N) is 2. The maximum atomic E-state index is 12.7. The molecule has 0 heterocycles. The van der Waals surface area contributed by atoms with E-state index in [1.165, 1.54) is 57.7 Å². The molecule has 1 N–H and O–H groups in total. The quantitative estimate of drug-likeness (QED) is 0.123. The summed E-state index contributed by atoms with van der Waals surface area (Å²) in [5.41, 5.74) is 2.91. The molecule has 3 rings (SSSR count). The summed E-state index contributed by atoms with van der Waals surface area (Å²) >= 11 is 3.36. The Balaban J connectivity index is 1.66. The third-order valence-corrected chi connectivity index (χ3v) is 5.39. The van der Waals surface area contributed by atoms with E-state index < -0.39 is 22.9 Å². The zero-order valence-corrected chi connectivity index (χ0v) is 21.6.